The first-order valence-corrected chi connectivity index (χ1v) is 7.64. The summed E-state index contributed by atoms with van der Waals surface area (Å²) < 4.78 is 0. The van der Waals surface area contributed by atoms with Crippen molar-refractivity contribution in [2.75, 3.05) is 0 Å². The van der Waals surface area contributed by atoms with Crippen molar-refractivity contribution in [3.63, 3.8) is 0 Å². The lowest BCUT2D eigenvalue weighted by Crippen LogP contribution is -2.18. The molecule has 1 aromatic heterocycles. The van der Waals surface area contributed by atoms with Crippen molar-refractivity contribution in [2.24, 2.45) is 0 Å². The Morgan fingerprint density at radius 3 is 2.76 bits per heavy atom. The van der Waals surface area contributed by atoms with Crippen molar-refractivity contribution in [3.05, 3.63) is 69.8 Å². The Labute approximate surface area is 134 Å². The van der Waals surface area contributed by atoms with Crippen molar-refractivity contribution in [3.8, 4) is 0 Å². The maximum atomic E-state index is 6.07. The third-order valence-corrected chi connectivity index (χ3v) is 4.47. The number of halogens is 2. The molecule has 1 atom stereocenters. The van der Waals surface area contributed by atoms with Gasteiger partial charge in [-0.15, -0.1) is 0 Å². The standard InChI is InChI=1S/C17H16Cl2N2/c1-11(12-5-6-15(18)16(19)9-12)21-10-13-3-2-4-17-14(13)7-8-20-17/h2-9,11,20-21H,10H2,1H3. The molecule has 3 aromatic rings. The normalized spacial score (nSPS) is 12.7. The van der Waals surface area contributed by atoms with E-state index in [1.165, 1.54) is 10.9 Å². The second-order valence-electron chi connectivity index (χ2n) is 5.13. The number of aromatic nitrogens is 1. The molecule has 2 aromatic carbocycles. The lowest BCUT2D eigenvalue weighted by Gasteiger charge is -2.15. The monoisotopic (exact) mass is 318 g/mol. The van der Waals surface area contributed by atoms with Gasteiger partial charge in [-0.25, -0.2) is 0 Å². The van der Waals surface area contributed by atoms with Crippen LogP contribution in [0.5, 0.6) is 0 Å². The highest BCUT2D eigenvalue weighted by molar-refractivity contribution is 6.42. The van der Waals surface area contributed by atoms with E-state index < -0.39 is 0 Å². The molecule has 0 aliphatic rings. The van der Waals surface area contributed by atoms with E-state index in [-0.39, 0.29) is 6.04 Å². The zero-order valence-electron chi connectivity index (χ0n) is 11.7. The summed E-state index contributed by atoms with van der Waals surface area (Å²) in [4.78, 5) is 3.23. The first-order valence-electron chi connectivity index (χ1n) is 6.88. The maximum absolute atomic E-state index is 6.07. The zero-order valence-corrected chi connectivity index (χ0v) is 13.2. The second kappa shape index (κ2) is 6.10. The summed E-state index contributed by atoms with van der Waals surface area (Å²) >= 11 is 12.0. The minimum atomic E-state index is 0.203. The van der Waals surface area contributed by atoms with Crippen LogP contribution >= 0.6 is 23.2 Å². The fraction of sp³-hybridized carbons (Fsp3) is 0.176. The summed E-state index contributed by atoms with van der Waals surface area (Å²) in [6.07, 6.45) is 1.97. The van der Waals surface area contributed by atoms with Crippen LogP contribution in [0.25, 0.3) is 10.9 Å². The van der Waals surface area contributed by atoms with Gasteiger partial charge in [0.05, 0.1) is 10.0 Å². The highest BCUT2D eigenvalue weighted by atomic mass is 35.5. The summed E-state index contributed by atoms with van der Waals surface area (Å²) in [6, 6.07) is 14.4. The molecule has 3 rings (SSSR count). The van der Waals surface area contributed by atoms with Gasteiger partial charge in [0.25, 0.3) is 0 Å². The van der Waals surface area contributed by atoms with Crippen LogP contribution < -0.4 is 5.32 Å². The largest absolute Gasteiger partial charge is 0.361 e. The number of hydrogen-bond acceptors (Lipinski definition) is 1. The zero-order chi connectivity index (χ0) is 14.8. The Bertz CT molecular complexity index is 764. The molecule has 4 heteroatoms. The third kappa shape index (κ3) is 3.08. The molecule has 108 valence electrons. The molecule has 21 heavy (non-hydrogen) atoms. The minimum absolute atomic E-state index is 0.203. The van der Waals surface area contributed by atoms with Crippen LogP contribution in [0.15, 0.2) is 48.7 Å². The van der Waals surface area contributed by atoms with Crippen molar-refractivity contribution < 1.29 is 0 Å². The maximum Gasteiger partial charge on any atom is 0.0595 e. The van der Waals surface area contributed by atoms with Crippen LogP contribution in [0.4, 0.5) is 0 Å². The van der Waals surface area contributed by atoms with Crippen molar-refractivity contribution in [1.82, 2.24) is 10.3 Å². The van der Waals surface area contributed by atoms with E-state index in [0.29, 0.717) is 10.0 Å². The molecule has 0 saturated carbocycles. The summed E-state index contributed by atoms with van der Waals surface area (Å²) in [5.74, 6) is 0. The first kappa shape index (κ1) is 14.5. The lowest BCUT2D eigenvalue weighted by molar-refractivity contribution is 0.576. The Morgan fingerprint density at radius 1 is 1.10 bits per heavy atom. The van der Waals surface area contributed by atoms with Crippen molar-refractivity contribution >= 4 is 34.1 Å². The number of aromatic amines is 1. The fourth-order valence-corrected chi connectivity index (χ4v) is 2.77. The van der Waals surface area contributed by atoms with E-state index in [4.69, 9.17) is 23.2 Å². The van der Waals surface area contributed by atoms with Gasteiger partial charge in [-0.3, -0.25) is 0 Å². The van der Waals surface area contributed by atoms with E-state index >= 15 is 0 Å². The molecule has 1 unspecified atom stereocenters. The van der Waals surface area contributed by atoms with Crippen LogP contribution in [0, 0.1) is 0 Å². The van der Waals surface area contributed by atoms with Gasteiger partial charge in [-0.2, -0.15) is 0 Å². The molecule has 0 radical (unpaired) electrons. The molecule has 0 bridgehead atoms. The summed E-state index contributed by atoms with van der Waals surface area (Å²) in [5, 5.41) is 5.96. The smallest absolute Gasteiger partial charge is 0.0595 e. The molecular formula is C17H16Cl2N2. The van der Waals surface area contributed by atoms with Crippen LogP contribution in [-0.2, 0) is 6.54 Å². The van der Waals surface area contributed by atoms with Crippen LogP contribution in [0.3, 0.4) is 0 Å². The summed E-state index contributed by atoms with van der Waals surface area (Å²) in [7, 11) is 0. The molecule has 0 aliphatic heterocycles. The van der Waals surface area contributed by atoms with E-state index in [1.807, 2.05) is 24.4 Å². The van der Waals surface area contributed by atoms with Gasteiger partial charge in [0.15, 0.2) is 0 Å². The third-order valence-electron chi connectivity index (χ3n) is 3.73. The molecule has 0 amide bonds. The number of nitrogens with one attached hydrogen (secondary N) is 2. The molecule has 0 fully saturated rings. The Kier molecular flexibility index (Phi) is 4.20. The Morgan fingerprint density at radius 2 is 1.95 bits per heavy atom. The number of rotatable bonds is 4. The average molecular weight is 319 g/mol. The molecular weight excluding hydrogens is 303 g/mol. The van der Waals surface area contributed by atoms with Gasteiger partial charge in [-0.1, -0.05) is 41.4 Å². The minimum Gasteiger partial charge on any atom is -0.361 e. The molecule has 2 nitrogen and oxygen atoms in total. The quantitative estimate of drug-likeness (QED) is 0.669. The number of benzene rings is 2. The lowest BCUT2D eigenvalue weighted by atomic mass is 10.1. The van der Waals surface area contributed by atoms with Crippen LogP contribution in [0.2, 0.25) is 10.0 Å². The van der Waals surface area contributed by atoms with Gasteiger partial charge in [0.1, 0.15) is 0 Å². The predicted octanol–water partition coefficient (Wildman–Crippen LogP) is 5.33. The molecule has 2 N–H and O–H groups in total. The molecule has 0 saturated heterocycles. The number of fused-ring (bicyclic) bond motifs is 1. The van der Waals surface area contributed by atoms with Crippen LogP contribution in [-0.4, -0.2) is 4.98 Å². The van der Waals surface area contributed by atoms with Gasteiger partial charge in [-0.05, 0) is 42.3 Å². The van der Waals surface area contributed by atoms with Crippen molar-refractivity contribution in [1.29, 1.82) is 0 Å². The van der Waals surface area contributed by atoms with E-state index in [9.17, 15) is 0 Å². The van der Waals surface area contributed by atoms with Crippen LogP contribution in [0.1, 0.15) is 24.1 Å². The van der Waals surface area contributed by atoms with Gasteiger partial charge >= 0.3 is 0 Å². The van der Waals surface area contributed by atoms with Crippen molar-refractivity contribution in [2.45, 2.75) is 19.5 Å². The Balaban J connectivity index is 1.75. The van der Waals surface area contributed by atoms with Gasteiger partial charge in [0.2, 0.25) is 0 Å². The van der Waals surface area contributed by atoms with E-state index in [2.05, 4.69) is 41.5 Å². The second-order valence-corrected chi connectivity index (χ2v) is 5.95. The average Bonchev–Trinajstić information content (AvgIpc) is 2.96. The summed E-state index contributed by atoms with van der Waals surface area (Å²) in [5.41, 5.74) is 3.57. The molecule has 0 spiro atoms. The van der Waals surface area contributed by atoms with E-state index in [1.54, 1.807) is 0 Å². The highest BCUT2D eigenvalue weighted by Crippen LogP contribution is 2.26. The predicted molar refractivity (Wildman–Crippen MR) is 90.0 cm³/mol. The molecule has 0 aliphatic carbocycles. The van der Waals surface area contributed by atoms with Gasteiger partial charge in [0, 0.05) is 29.7 Å². The molecule has 1 heterocycles. The summed E-state index contributed by atoms with van der Waals surface area (Å²) in [6.45, 7) is 2.92. The Hall–Kier alpha value is -1.48. The fourth-order valence-electron chi connectivity index (χ4n) is 2.47. The SMILES string of the molecule is CC(NCc1cccc2[nH]ccc12)c1ccc(Cl)c(Cl)c1. The van der Waals surface area contributed by atoms with Gasteiger partial charge < -0.3 is 10.3 Å². The number of H-pyrrole nitrogens is 1. The first-order chi connectivity index (χ1) is 10.1. The topological polar surface area (TPSA) is 27.8 Å². The highest BCUT2D eigenvalue weighted by Gasteiger charge is 2.08. The number of hydrogen-bond donors (Lipinski definition) is 2. The van der Waals surface area contributed by atoms with E-state index in [0.717, 1.165) is 17.6 Å².